The summed E-state index contributed by atoms with van der Waals surface area (Å²) in [5.74, 6) is -2.38. The van der Waals surface area contributed by atoms with Crippen LogP contribution in [0.3, 0.4) is 0 Å². The Balaban J connectivity index is 0.00000900. The van der Waals surface area contributed by atoms with E-state index in [0.717, 1.165) is 24.2 Å². The number of halogens is 3. The summed E-state index contributed by atoms with van der Waals surface area (Å²) >= 11 is 0. The predicted octanol–water partition coefficient (Wildman–Crippen LogP) is 6.01. The molecule has 1 N–H and O–H groups in total. The van der Waals surface area contributed by atoms with Crippen LogP contribution >= 0.6 is 0 Å². The largest absolute Gasteiger partial charge is 0.515 e. The van der Waals surface area contributed by atoms with Gasteiger partial charge in [0.1, 0.15) is 5.75 Å². The van der Waals surface area contributed by atoms with E-state index in [1.165, 1.54) is 19.3 Å². The molecule has 0 spiro atoms. The maximum absolute atomic E-state index is 12.4. The molecule has 0 fully saturated rings. The fourth-order valence-electron chi connectivity index (χ4n) is 2.80. The molecule has 0 aliphatic carbocycles. The first-order valence-electron chi connectivity index (χ1n) is 9.99. The summed E-state index contributed by atoms with van der Waals surface area (Å²) in [7, 11) is 0. The van der Waals surface area contributed by atoms with Gasteiger partial charge in [-0.3, -0.25) is 4.79 Å². The minimum Gasteiger partial charge on any atom is -0.515 e. The SMILES string of the molecule is [C-]#[N+]/C(C(=O)OCCc1ccc(OCCC(CC)CCCC)cc1)=C(/O)C(F)(F)F.[Co]. The molecule has 0 saturated heterocycles. The third-order valence-electron chi connectivity index (χ3n) is 4.68. The van der Waals surface area contributed by atoms with Gasteiger partial charge in [-0.1, -0.05) is 51.7 Å². The van der Waals surface area contributed by atoms with Gasteiger partial charge in [0.2, 0.25) is 5.76 Å². The minimum atomic E-state index is -5.18. The van der Waals surface area contributed by atoms with Crippen LogP contribution in [0.5, 0.6) is 5.75 Å². The van der Waals surface area contributed by atoms with Crippen LogP contribution in [0, 0.1) is 12.5 Å². The van der Waals surface area contributed by atoms with Gasteiger partial charge in [0, 0.05) is 23.2 Å². The van der Waals surface area contributed by atoms with Crippen molar-refractivity contribution in [1.82, 2.24) is 0 Å². The number of hydrogen-bond acceptors (Lipinski definition) is 4. The van der Waals surface area contributed by atoms with Crippen molar-refractivity contribution in [3.63, 3.8) is 0 Å². The van der Waals surface area contributed by atoms with Crippen molar-refractivity contribution in [2.45, 2.75) is 58.5 Å². The zero-order valence-corrected chi connectivity index (χ0v) is 18.7. The normalized spacial score (nSPS) is 12.8. The molecule has 9 heteroatoms. The van der Waals surface area contributed by atoms with E-state index in [0.29, 0.717) is 12.5 Å². The number of rotatable bonds is 12. The zero-order chi connectivity index (χ0) is 22.6. The number of benzene rings is 1. The molecule has 0 bridgehead atoms. The van der Waals surface area contributed by atoms with Gasteiger partial charge in [0.25, 0.3) is 0 Å². The number of alkyl halides is 3. The second-order valence-corrected chi connectivity index (χ2v) is 6.89. The van der Waals surface area contributed by atoms with Gasteiger partial charge in [-0.2, -0.15) is 13.2 Å². The molecule has 0 saturated carbocycles. The number of hydrogen-bond donors (Lipinski definition) is 1. The standard InChI is InChI=1S/C22H28F3NO4.Co/c1-4-6-7-16(5-2)12-14-29-18-10-8-17(9-11-18)13-15-30-21(28)19(26-3)20(27)22(23,24)25;/h8-11,16,27H,4-7,12-15H2,1-2H3;/b20-19+;. The second-order valence-electron chi connectivity index (χ2n) is 6.89. The van der Waals surface area contributed by atoms with Crippen molar-refractivity contribution in [2.75, 3.05) is 13.2 Å². The van der Waals surface area contributed by atoms with E-state index < -0.39 is 23.6 Å². The number of esters is 1. The Labute approximate surface area is 191 Å². The Morgan fingerprint density at radius 1 is 1.16 bits per heavy atom. The molecule has 0 aliphatic rings. The third kappa shape index (κ3) is 10.6. The maximum atomic E-state index is 12.4. The number of aliphatic hydroxyl groups excluding tert-OH is 1. The smallest absolute Gasteiger partial charge is 0.438 e. The van der Waals surface area contributed by atoms with Crippen LogP contribution < -0.4 is 4.74 Å². The monoisotopic (exact) mass is 486 g/mol. The summed E-state index contributed by atoms with van der Waals surface area (Å²) in [6.07, 6.45) is 0.815. The van der Waals surface area contributed by atoms with Gasteiger partial charge in [-0.25, -0.2) is 4.85 Å². The molecule has 1 rings (SSSR count). The number of nitrogens with zero attached hydrogens (tertiary/aromatic N) is 1. The van der Waals surface area contributed by atoms with Crippen molar-refractivity contribution >= 4 is 5.97 Å². The third-order valence-corrected chi connectivity index (χ3v) is 4.68. The summed E-state index contributed by atoms with van der Waals surface area (Å²) in [4.78, 5) is 14.0. The Kier molecular flexibility index (Phi) is 13.7. The maximum Gasteiger partial charge on any atom is 0.438 e. The number of ether oxygens (including phenoxy) is 2. The van der Waals surface area contributed by atoms with Crippen LogP contribution in [-0.2, 0) is 32.7 Å². The molecule has 1 unspecified atom stereocenters. The van der Waals surface area contributed by atoms with Gasteiger partial charge in [-0.05, 0) is 30.0 Å². The van der Waals surface area contributed by atoms with E-state index in [-0.39, 0.29) is 29.8 Å². The molecule has 0 heterocycles. The zero-order valence-electron chi connectivity index (χ0n) is 17.6. The number of carbonyl (C=O) groups excluding carboxylic acids is 1. The van der Waals surface area contributed by atoms with Crippen molar-refractivity contribution in [3.05, 3.63) is 52.7 Å². The Hall–Kier alpha value is -2.18. The first kappa shape index (κ1) is 28.8. The average molecular weight is 486 g/mol. The second kappa shape index (κ2) is 14.8. The first-order valence-corrected chi connectivity index (χ1v) is 9.99. The molecule has 0 amide bonds. The molecule has 1 atom stereocenters. The van der Waals surface area contributed by atoms with E-state index in [2.05, 4.69) is 23.4 Å². The number of aliphatic hydroxyl groups is 1. The number of carbonyl (C=O) groups is 1. The van der Waals surface area contributed by atoms with Crippen molar-refractivity contribution in [2.24, 2.45) is 5.92 Å². The van der Waals surface area contributed by atoms with E-state index in [4.69, 9.17) is 16.4 Å². The summed E-state index contributed by atoms with van der Waals surface area (Å²) in [6.45, 7) is 11.4. The van der Waals surface area contributed by atoms with E-state index in [9.17, 15) is 18.0 Å². The molecule has 1 radical (unpaired) electrons. The molecule has 1 aromatic rings. The molecule has 31 heavy (non-hydrogen) atoms. The van der Waals surface area contributed by atoms with Crippen LogP contribution in [0.15, 0.2) is 35.7 Å². The minimum absolute atomic E-state index is 0. The molecule has 0 aliphatic heterocycles. The van der Waals surface area contributed by atoms with E-state index in [1.807, 2.05) is 0 Å². The van der Waals surface area contributed by atoms with Crippen LogP contribution in [0.1, 0.15) is 51.5 Å². The molecule has 175 valence electrons. The Bertz CT molecular complexity index is 743. The van der Waals surface area contributed by atoms with E-state index >= 15 is 0 Å². The predicted molar refractivity (Wildman–Crippen MR) is 107 cm³/mol. The Morgan fingerprint density at radius 3 is 2.32 bits per heavy atom. The molecule has 5 nitrogen and oxygen atoms in total. The summed E-state index contributed by atoms with van der Waals surface area (Å²) in [6, 6.07) is 7.11. The van der Waals surface area contributed by atoms with Crippen molar-refractivity contribution < 1.29 is 49.3 Å². The summed E-state index contributed by atoms with van der Waals surface area (Å²) < 4.78 is 47.7. The van der Waals surface area contributed by atoms with Gasteiger partial charge in [-0.15, -0.1) is 0 Å². The number of unbranched alkanes of at least 4 members (excludes halogenated alkanes) is 1. The summed E-state index contributed by atoms with van der Waals surface area (Å²) in [5.41, 5.74) is -0.687. The van der Waals surface area contributed by atoms with Crippen LogP contribution in [-0.4, -0.2) is 30.5 Å². The molecular weight excluding hydrogens is 458 g/mol. The van der Waals surface area contributed by atoms with Crippen LogP contribution in [0.2, 0.25) is 0 Å². The van der Waals surface area contributed by atoms with Crippen LogP contribution in [0.4, 0.5) is 13.2 Å². The fraction of sp³-hybridized carbons (Fsp3) is 0.545. The van der Waals surface area contributed by atoms with Gasteiger partial charge in [0.15, 0.2) is 0 Å². The van der Waals surface area contributed by atoms with E-state index in [1.54, 1.807) is 24.3 Å². The summed E-state index contributed by atoms with van der Waals surface area (Å²) in [5, 5.41) is 8.95. The molecule has 1 aromatic carbocycles. The molecule has 0 aromatic heterocycles. The average Bonchev–Trinajstić information content (AvgIpc) is 2.71. The molecular formula is C22H28CoF3NO4. The van der Waals surface area contributed by atoms with Gasteiger partial charge < -0.3 is 14.6 Å². The quantitative estimate of drug-likeness (QED) is 0.170. The van der Waals surface area contributed by atoms with Crippen LogP contribution in [0.25, 0.3) is 4.85 Å². The number of allylic oxidation sites excluding steroid dienone is 1. The fourth-order valence-corrected chi connectivity index (χ4v) is 2.80. The topological polar surface area (TPSA) is 60.1 Å². The van der Waals surface area contributed by atoms with Crippen molar-refractivity contribution in [3.8, 4) is 5.75 Å². The first-order chi connectivity index (χ1) is 14.2. The van der Waals surface area contributed by atoms with Crippen molar-refractivity contribution in [1.29, 1.82) is 0 Å². The Morgan fingerprint density at radius 2 is 1.81 bits per heavy atom. The van der Waals surface area contributed by atoms with Gasteiger partial charge >= 0.3 is 17.8 Å². The van der Waals surface area contributed by atoms with Gasteiger partial charge in [0.05, 0.1) is 19.8 Å².